The van der Waals surface area contributed by atoms with Crippen molar-refractivity contribution in [1.29, 1.82) is 0 Å². The van der Waals surface area contributed by atoms with E-state index in [9.17, 15) is 0 Å². The van der Waals surface area contributed by atoms with Crippen LogP contribution in [0.15, 0.2) is 29.4 Å². The Hall–Kier alpha value is -1.58. The average molecular weight is 302 g/mol. The highest BCUT2D eigenvalue weighted by molar-refractivity contribution is 5.79. The van der Waals surface area contributed by atoms with Gasteiger partial charge in [-0.15, -0.1) is 0 Å². The third-order valence-electron chi connectivity index (χ3n) is 4.41. The van der Waals surface area contributed by atoms with E-state index in [4.69, 9.17) is 0 Å². The molecule has 0 saturated heterocycles. The lowest BCUT2D eigenvalue weighted by Gasteiger charge is -2.21. The van der Waals surface area contributed by atoms with Crippen molar-refractivity contribution in [3.63, 3.8) is 0 Å². The number of pyridine rings is 1. The summed E-state index contributed by atoms with van der Waals surface area (Å²) in [6.45, 7) is 1.91. The van der Waals surface area contributed by atoms with Gasteiger partial charge in [0, 0.05) is 38.4 Å². The first-order valence-electron chi connectivity index (χ1n) is 8.73. The Balaban J connectivity index is 1.66. The van der Waals surface area contributed by atoms with Gasteiger partial charge in [-0.1, -0.05) is 38.2 Å². The van der Waals surface area contributed by atoms with E-state index in [2.05, 4.69) is 26.7 Å². The van der Waals surface area contributed by atoms with E-state index in [1.165, 1.54) is 44.9 Å². The molecule has 1 heterocycles. The van der Waals surface area contributed by atoms with Gasteiger partial charge in [-0.25, -0.2) is 0 Å². The summed E-state index contributed by atoms with van der Waals surface area (Å²) in [5.41, 5.74) is 1.12. The lowest BCUT2D eigenvalue weighted by atomic mass is 9.91. The highest BCUT2D eigenvalue weighted by Crippen LogP contribution is 2.21. The lowest BCUT2D eigenvalue weighted by molar-refractivity contribution is 0.375. The number of hydrogen-bond donors (Lipinski definition) is 2. The predicted molar refractivity (Wildman–Crippen MR) is 93.1 cm³/mol. The summed E-state index contributed by atoms with van der Waals surface area (Å²) < 4.78 is 0. The van der Waals surface area contributed by atoms with Crippen LogP contribution in [-0.2, 0) is 6.42 Å². The molecule has 0 unspecified atom stereocenters. The maximum absolute atomic E-state index is 4.34. The number of nitrogens with zero attached hydrogens (tertiary/aromatic N) is 2. The summed E-state index contributed by atoms with van der Waals surface area (Å²) in [5, 5.41) is 6.88. The van der Waals surface area contributed by atoms with Crippen LogP contribution < -0.4 is 10.6 Å². The zero-order valence-corrected chi connectivity index (χ0v) is 13.9. The van der Waals surface area contributed by atoms with Gasteiger partial charge in [0.25, 0.3) is 0 Å². The molecule has 2 N–H and O–H groups in total. The van der Waals surface area contributed by atoms with Crippen molar-refractivity contribution >= 4 is 5.96 Å². The SMILES string of the molecule is CN=C(NCCc1ccccn1)NCC1CCCCCCC1. The minimum atomic E-state index is 0.801. The van der Waals surface area contributed by atoms with Crippen LogP contribution in [0.25, 0.3) is 0 Å². The van der Waals surface area contributed by atoms with Gasteiger partial charge in [0.15, 0.2) is 5.96 Å². The maximum Gasteiger partial charge on any atom is 0.190 e. The molecule has 0 radical (unpaired) electrons. The molecular formula is C18H30N4. The first-order valence-corrected chi connectivity index (χ1v) is 8.73. The van der Waals surface area contributed by atoms with Gasteiger partial charge in [0.1, 0.15) is 0 Å². The van der Waals surface area contributed by atoms with E-state index < -0.39 is 0 Å². The monoisotopic (exact) mass is 302 g/mol. The van der Waals surface area contributed by atoms with Crippen LogP contribution in [0, 0.1) is 5.92 Å². The molecule has 1 saturated carbocycles. The van der Waals surface area contributed by atoms with Crippen molar-refractivity contribution in [3.8, 4) is 0 Å². The van der Waals surface area contributed by atoms with Gasteiger partial charge in [0.2, 0.25) is 0 Å². The Bertz CT molecular complexity index is 422. The predicted octanol–water partition coefficient (Wildman–Crippen LogP) is 3.15. The Morgan fingerprint density at radius 1 is 1.14 bits per heavy atom. The van der Waals surface area contributed by atoms with Crippen molar-refractivity contribution in [2.45, 2.75) is 51.4 Å². The van der Waals surface area contributed by atoms with Gasteiger partial charge < -0.3 is 10.6 Å². The molecule has 0 aliphatic heterocycles. The molecule has 0 atom stereocenters. The minimum absolute atomic E-state index is 0.801. The molecule has 1 fully saturated rings. The van der Waals surface area contributed by atoms with E-state index in [0.29, 0.717) is 0 Å². The summed E-state index contributed by atoms with van der Waals surface area (Å²) in [6.07, 6.45) is 12.5. The van der Waals surface area contributed by atoms with Crippen LogP contribution in [0.2, 0.25) is 0 Å². The Morgan fingerprint density at radius 3 is 2.59 bits per heavy atom. The molecule has 4 heteroatoms. The van der Waals surface area contributed by atoms with Crippen molar-refractivity contribution < 1.29 is 0 Å². The molecule has 0 bridgehead atoms. The summed E-state index contributed by atoms with van der Waals surface area (Å²) in [4.78, 5) is 8.66. The van der Waals surface area contributed by atoms with Crippen molar-refractivity contribution in [3.05, 3.63) is 30.1 Å². The first-order chi connectivity index (χ1) is 10.9. The Morgan fingerprint density at radius 2 is 1.91 bits per heavy atom. The largest absolute Gasteiger partial charge is 0.356 e. The second kappa shape index (κ2) is 10.2. The van der Waals surface area contributed by atoms with E-state index in [1.54, 1.807) is 0 Å². The second-order valence-corrected chi connectivity index (χ2v) is 6.16. The minimum Gasteiger partial charge on any atom is -0.356 e. The Labute approximate surface area is 134 Å². The smallest absolute Gasteiger partial charge is 0.190 e. The molecule has 1 aromatic heterocycles. The normalized spacial score (nSPS) is 17.6. The van der Waals surface area contributed by atoms with E-state index in [1.807, 2.05) is 25.4 Å². The number of guanidine groups is 1. The van der Waals surface area contributed by atoms with Crippen LogP contribution in [0.3, 0.4) is 0 Å². The fraction of sp³-hybridized carbons (Fsp3) is 0.667. The van der Waals surface area contributed by atoms with Gasteiger partial charge in [-0.2, -0.15) is 0 Å². The fourth-order valence-electron chi connectivity index (χ4n) is 3.06. The first kappa shape index (κ1) is 16.8. The number of rotatable bonds is 5. The Kier molecular flexibility index (Phi) is 7.78. The molecule has 1 aromatic rings. The van der Waals surface area contributed by atoms with Gasteiger partial charge in [-0.05, 0) is 30.9 Å². The summed E-state index contributed by atoms with van der Waals surface area (Å²) >= 11 is 0. The average Bonchev–Trinajstić information content (AvgIpc) is 2.53. The summed E-state index contributed by atoms with van der Waals surface area (Å²) in [6, 6.07) is 6.04. The van der Waals surface area contributed by atoms with Crippen LogP contribution in [0.5, 0.6) is 0 Å². The molecule has 0 amide bonds. The third kappa shape index (κ3) is 6.46. The number of nitrogens with one attached hydrogen (secondary N) is 2. The van der Waals surface area contributed by atoms with E-state index >= 15 is 0 Å². The topological polar surface area (TPSA) is 49.3 Å². The molecule has 22 heavy (non-hydrogen) atoms. The van der Waals surface area contributed by atoms with Gasteiger partial charge in [0.05, 0.1) is 0 Å². The molecule has 122 valence electrons. The van der Waals surface area contributed by atoms with E-state index in [-0.39, 0.29) is 0 Å². The van der Waals surface area contributed by atoms with Crippen LogP contribution in [0.4, 0.5) is 0 Å². The third-order valence-corrected chi connectivity index (χ3v) is 4.41. The number of aliphatic imine (C=N–C) groups is 1. The molecule has 1 aliphatic carbocycles. The molecule has 0 spiro atoms. The van der Waals surface area contributed by atoms with Crippen LogP contribution in [-0.4, -0.2) is 31.1 Å². The van der Waals surface area contributed by atoms with E-state index in [0.717, 1.165) is 37.1 Å². The van der Waals surface area contributed by atoms with Crippen LogP contribution >= 0.6 is 0 Å². The highest BCUT2D eigenvalue weighted by Gasteiger charge is 2.11. The van der Waals surface area contributed by atoms with Crippen LogP contribution in [0.1, 0.15) is 50.6 Å². The molecule has 4 nitrogen and oxygen atoms in total. The zero-order chi connectivity index (χ0) is 15.5. The quantitative estimate of drug-likeness (QED) is 0.649. The standard InChI is InChI=1S/C18H30N4/c1-19-18(21-14-12-17-11-7-8-13-20-17)22-15-16-9-5-3-2-4-6-10-16/h7-8,11,13,16H,2-6,9-10,12,14-15H2,1H3,(H2,19,21,22). The second-order valence-electron chi connectivity index (χ2n) is 6.16. The molecule has 1 aliphatic rings. The van der Waals surface area contributed by atoms with Crippen molar-refractivity contribution in [2.24, 2.45) is 10.9 Å². The number of hydrogen-bond acceptors (Lipinski definition) is 2. The summed E-state index contributed by atoms with van der Waals surface area (Å²) in [7, 11) is 1.84. The number of aromatic nitrogens is 1. The maximum atomic E-state index is 4.34. The van der Waals surface area contributed by atoms with Gasteiger partial charge >= 0.3 is 0 Å². The lowest BCUT2D eigenvalue weighted by Crippen LogP contribution is -2.40. The van der Waals surface area contributed by atoms with Gasteiger partial charge in [-0.3, -0.25) is 9.98 Å². The molecular weight excluding hydrogens is 272 g/mol. The van der Waals surface area contributed by atoms with Crippen molar-refractivity contribution in [1.82, 2.24) is 15.6 Å². The summed E-state index contributed by atoms with van der Waals surface area (Å²) in [5.74, 6) is 1.72. The fourth-order valence-corrected chi connectivity index (χ4v) is 3.06. The zero-order valence-electron chi connectivity index (χ0n) is 13.9. The molecule has 2 rings (SSSR count). The highest BCUT2D eigenvalue weighted by atomic mass is 15.2. The molecule has 0 aromatic carbocycles. The van der Waals surface area contributed by atoms with Crippen molar-refractivity contribution in [2.75, 3.05) is 20.1 Å².